The van der Waals surface area contributed by atoms with Crippen molar-refractivity contribution in [3.8, 4) is 5.88 Å². The zero-order valence-electron chi connectivity index (χ0n) is 12.8. The van der Waals surface area contributed by atoms with Gasteiger partial charge in [-0.25, -0.2) is 0 Å². The normalized spacial score (nSPS) is 21.5. The van der Waals surface area contributed by atoms with Crippen molar-refractivity contribution in [3.63, 3.8) is 0 Å². The number of allylic oxidation sites excluding steroid dienone is 1. The van der Waals surface area contributed by atoms with E-state index in [0.717, 1.165) is 51.1 Å². The van der Waals surface area contributed by atoms with Crippen LogP contribution in [0.4, 0.5) is 5.82 Å². The molecule has 1 N–H and O–H groups in total. The molecular weight excluding hydrogens is 278 g/mol. The average molecular weight is 301 g/mol. The minimum absolute atomic E-state index is 0.537. The zero-order chi connectivity index (χ0) is 15.2. The Labute approximate surface area is 131 Å². The molecule has 1 atom stereocenters. The lowest BCUT2D eigenvalue weighted by Gasteiger charge is -2.18. The minimum Gasteiger partial charge on any atom is -0.477 e. The van der Waals surface area contributed by atoms with Crippen molar-refractivity contribution >= 4 is 12.1 Å². The van der Waals surface area contributed by atoms with E-state index in [4.69, 9.17) is 4.74 Å². The van der Waals surface area contributed by atoms with E-state index in [2.05, 4.69) is 21.3 Å². The molecule has 0 radical (unpaired) electrons. The maximum atomic E-state index is 10.3. The Morgan fingerprint density at radius 1 is 1.45 bits per heavy atom. The first-order valence-corrected chi connectivity index (χ1v) is 8.04. The molecule has 0 aromatic carbocycles. The highest BCUT2D eigenvalue weighted by atomic mass is 16.5. The van der Waals surface area contributed by atoms with E-state index in [0.29, 0.717) is 18.4 Å². The summed E-state index contributed by atoms with van der Waals surface area (Å²) in [5.74, 6) is 2.23. The first-order chi connectivity index (χ1) is 10.8. The quantitative estimate of drug-likeness (QED) is 0.642. The summed E-state index contributed by atoms with van der Waals surface area (Å²) in [7, 11) is 0. The van der Waals surface area contributed by atoms with E-state index in [1.54, 1.807) is 6.08 Å². The number of likely N-dealkylation sites (tertiary alicyclic amines) is 1. The number of hydrogen-bond acceptors (Lipinski definition) is 5. The lowest BCUT2D eigenvalue weighted by atomic mass is 10.1. The first kappa shape index (κ1) is 15.0. The summed E-state index contributed by atoms with van der Waals surface area (Å²) in [5, 5.41) is 3.33. The van der Waals surface area contributed by atoms with Crippen LogP contribution in [0, 0.1) is 5.92 Å². The third-order valence-corrected chi connectivity index (χ3v) is 4.28. The van der Waals surface area contributed by atoms with E-state index in [9.17, 15) is 4.79 Å². The van der Waals surface area contributed by atoms with Gasteiger partial charge >= 0.3 is 0 Å². The Hall–Kier alpha value is -1.88. The van der Waals surface area contributed by atoms with Crippen LogP contribution in [0.1, 0.15) is 18.4 Å². The van der Waals surface area contributed by atoms with Gasteiger partial charge in [-0.05, 0) is 43.5 Å². The summed E-state index contributed by atoms with van der Waals surface area (Å²) in [4.78, 5) is 17.2. The summed E-state index contributed by atoms with van der Waals surface area (Å²) in [5.41, 5.74) is 1.28. The van der Waals surface area contributed by atoms with Crippen LogP contribution in [-0.4, -0.2) is 49.0 Å². The topological polar surface area (TPSA) is 54.5 Å². The van der Waals surface area contributed by atoms with Gasteiger partial charge in [-0.3, -0.25) is 9.69 Å². The zero-order valence-corrected chi connectivity index (χ0v) is 12.8. The van der Waals surface area contributed by atoms with E-state index in [1.807, 2.05) is 12.1 Å². The Kier molecular flexibility index (Phi) is 5.06. The molecular formula is C17H23N3O2. The summed E-state index contributed by atoms with van der Waals surface area (Å²) in [6.45, 7) is 4.63. The number of aromatic nitrogens is 1. The Bertz CT molecular complexity index is 545. The molecule has 3 rings (SSSR count). The second-order valence-electron chi connectivity index (χ2n) is 5.98. The highest BCUT2D eigenvalue weighted by Crippen LogP contribution is 2.23. The Morgan fingerprint density at radius 3 is 3.32 bits per heavy atom. The highest BCUT2D eigenvalue weighted by molar-refractivity contribution is 5.64. The van der Waals surface area contributed by atoms with Crippen molar-refractivity contribution in [2.24, 2.45) is 5.92 Å². The molecule has 3 heterocycles. The molecule has 22 heavy (non-hydrogen) atoms. The van der Waals surface area contributed by atoms with Crippen LogP contribution in [0.3, 0.4) is 0 Å². The van der Waals surface area contributed by atoms with Gasteiger partial charge < -0.3 is 10.1 Å². The van der Waals surface area contributed by atoms with E-state index >= 15 is 0 Å². The molecule has 118 valence electrons. The number of anilines is 1. The van der Waals surface area contributed by atoms with Crippen LogP contribution in [0.2, 0.25) is 0 Å². The molecule has 1 saturated heterocycles. The number of ether oxygens (including phenoxy) is 1. The maximum Gasteiger partial charge on any atom is 0.215 e. The van der Waals surface area contributed by atoms with Gasteiger partial charge in [0.1, 0.15) is 12.1 Å². The number of nitrogens with one attached hydrogen (secondary N) is 1. The predicted molar refractivity (Wildman–Crippen MR) is 86.3 cm³/mol. The molecule has 1 aromatic heterocycles. The van der Waals surface area contributed by atoms with Crippen molar-refractivity contribution < 1.29 is 9.53 Å². The number of pyridine rings is 1. The number of aryl methyl sites for hydroxylation is 1. The molecule has 1 aromatic rings. The number of rotatable bonds is 6. The largest absolute Gasteiger partial charge is 0.477 e. The number of carbonyl (C=O) groups is 1. The molecule has 0 aliphatic carbocycles. The standard InChI is InChI=1S/C17H23N3O2/c21-11-2-1-9-20-10-7-14(12-20)13-22-16-6-5-15-4-3-8-18-17(15)19-16/h1-2,5-6,11,14H,3-4,7-10,12-13H2,(H,18,19)/b2-1+. The fourth-order valence-electron chi connectivity index (χ4n) is 3.07. The number of carbonyl (C=O) groups excluding carboxylic acids is 1. The fraction of sp³-hybridized carbons (Fsp3) is 0.529. The van der Waals surface area contributed by atoms with Crippen molar-refractivity contribution in [2.75, 3.05) is 38.1 Å². The summed E-state index contributed by atoms with van der Waals surface area (Å²) >= 11 is 0. The number of nitrogens with zero attached hydrogens (tertiary/aromatic N) is 2. The monoisotopic (exact) mass is 301 g/mol. The van der Waals surface area contributed by atoms with Crippen LogP contribution in [0.15, 0.2) is 24.3 Å². The van der Waals surface area contributed by atoms with Gasteiger partial charge in [0, 0.05) is 31.6 Å². The van der Waals surface area contributed by atoms with Crippen LogP contribution < -0.4 is 10.1 Å². The molecule has 0 bridgehead atoms. The number of hydrogen-bond donors (Lipinski definition) is 1. The van der Waals surface area contributed by atoms with Gasteiger partial charge in [0.25, 0.3) is 0 Å². The Morgan fingerprint density at radius 2 is 2.41 bits per heavy atom. The number of fused-ring (bicyclic) bond motifs is 1. The lowest BCUT2D eigenvalue weighted by Crippen LogP contribution is -2.22. The highest BCUT2D eigenvalue weighted by Gasteiger charge is 2.22. The maximum absolute atomic E-state index is 10.3. The smallest absolute Gasteiger partial charge is 0.215 e. The molecule has 1 fully saturated rings. The van der Waals surface area contributed by atoms with E-state index in [-0.39, 0.29) is 0 Å². The second kappa shape index (κ2) is 7.40. The fourth-order valence-corrected chi connectivity index (χ4v) is 3.07. The van der Waals surface area contributed by atoms with Gasteiger partial charge in [0.2, 0.25) is 5.88 Å². The van der Waals surface area contributed by atoms with Crippen molar-refractivity contribution in [2.45, 2.75) is 19.3 Å². The van der Waals surface area contributed by atoms with Crippen LogP contribution >= 0.6 is 0 Å². The molecule has 0 saturated carbocycles. The molecule has 1 unspecified atom stereocenters. The first-order valence-electron chi connectivity index (χ1n) is 8.04. The molecule has 2 aliphatic heterocycles. The van der Waals surface area contributed by atoms with Crippen LogP contribution in [0.5, 0.6) is 5.88 Å². The van der Waals surface area contributed by atoms with Gasteiger partial charge in [0.05, 0.1) is 6.61 Å². The molecule has 0 spiro atoms. The molecule has 2 aliphatic rings. The van der Waals surface area contributed by atoms with Gasteiger partial charge in [-0.1, -0.05) is 6.08 Å². The summed E-state index contributed by atoms with van der Waals surface area (Å²) in [6.07, 6.45) is 7.71. The van der Waals surface area contributed by atoms with Gasteiger partial charge in [-0.2, -0.15) is 4.98 Å². The molecule has 5 nitrogen and oxygen atoms in total. The summed E-state index contributed by atoms with van der Waals surface area (Å²) in [6, 6.07) is 4.10. The van der Waals surface area contributed by atoms with Crippen molar-refractivity contribution in [3.05, 3.63) is 29.8 Å². The van der Waals surface area contributed by atoms with Crippen LogP contribution in [0.25, 0.3) is 0 Å². The summed E-state index contributed by atoms with van der Waals surface area (Å²) < 4.78 is 5.88. The average Bonchev–Trinajstić information content (AvgIpc) is 3.01. The second-order valence-corrected chi connectivity index (χ2v) is 5.98. The van der Waals surface area contributed by atoms with Gasteiger partial charge in [-0.15, -0.1) is 0 Å². The third kappa shape index (κ3) is 3.85. The van der Waals surface area contributed by atoms with Crippen molar-refractivity contribution in [1.82, 2.24) is 9.88 Å². The predicted octanol–water partition coefficient (Wildman–Crippen LogP) is 1.90. The van der Waals surface area contributed by atoms with E-state index in [1.165, 1.54) is 12.0 Å². The lowest BCUT2D eigenvalue weighted by molar-refractivity contribution is -0.104. The van der Waals surface area contributed by atoms with Crippen molar-refractivity contribution in [1.29, 1.82) is 0 Å². The molecule has 5 heteroatoms. The number of aldehydes is 1. The van der Waals surface area contributed by atoms with E-state index < -0.39 is 0 Å². The Balaban J connectivity index is 1.47. The molecule has 0 amide bonds. The third-order valence-electron chi connectivity index (χ3n) is 4.28. The SMILES string of the molecule is O=C/C=C/CN1CCC(COc2ccc3c(n2)NCCC3)C1. The van der Waals surface area contributed by atoms with Crippen LogP contribution in [-0.2, 0) is 11.2 Å². The van der Waals surface area contributed by atoms with Gasteiger partial charge in [0.15, 0.2) is 0 Å². The minimum atomic E-state index is 0.537.